The molecule has 1 aromatic rings. The lowest BCUT2D eigenvalue weighted by Gasteiger charge is -2.26. The fraction of sp³-hybridized carbons (Fsp3) is 0.556. The van der Waals surface area contributed by atoms with Gasteiger partial charge in [-0.15, -0.1) is 0 Å². The van der Waals surface area contributed by atoms with Crippen LogP contribution in [0, 0.1) is 5.92 Å². The largest absolute Gasteiger partial charge is 0.491 e. The van der Waals surface area contributed by atoms with Crippen LogP contribution >= 0.6 is 0 Å². The van der Waals surface area contributed by atoms with Crippen molar-refractivity contribution in [3.05, 3.63) is 28.8 Å². The Labute approximate surface area is 175 Å². The molecule has 0 aromatic heterocycles. The zero-order valence-electron chi connectivity index (χ0n) is 16.0. The minimum absolute atomic E-state index is 0.0758. The summed E-state index contributed by atoms with van der Waals surface area (Å²) >= 11 is 0. The molecule has 0 saturated heterocycles. The number of ether oxygens (including phenoxy) is 1. The standard InChI is InChI=1S/C18H17F9N2O3/c19-16(20,21)9-5-11(14(30)29-7-8-1-3-10(28)4-2-8)13(12(6-9)17(22,23)24)32-15(31)18(25,26)27/h5-6,8,10H,1-4,7,28H2,(H,29,30). The van der Waals surface area contributed by atoms with Crippen molar-refractivity contribution in [3.63, 3.8) is 0 Å². The van der Waals surface area contributed by atoms with Crippen LogP contribution in [0.15, 0.2) is 12.1 Å². The highest BCUT2D eigenvalue weighted by Crippen LogP contribution is 2.43. The first kappa shape index (κ1) is 25.7. The van der Waals surface area contributed by atoms with Crippen LogP contribution in [-0.4, -0.2) is 30.6 Å². The van der Waals surface area contributed by atoms with Crippen LogP contribution in [0.3, 0.4) is 0 Å². The fourth-order valence-corrected chi connectivity index (χ4v) is 3.16. The zero-order valence-corrected chi connectivity index (χ0v) is 16.0. The lowest BCUT2D eigenvalue weighted by Crippen LogP contribution is -2.35. The highest BCUT2D eigenvalue weighted by molar-refractivity contribution is 5.98. The minimum atomic E-state index is -5.76. The summed E-state index contributed by atoms with van der Waals surface area (Å²) in [5.74, 6) is -6.83. The second-order valence-corrected chi connectivity index (χ2v) is 7.27. The molecule has 0 atom stereocenters. The third-order valence-electron chi connectivity index (χ3n) is 4.84. The Kier molecular flexibility index (Phi) is 7.37. The number of amides is 1. The van der Waals surface area contributed by atoms with Gasteiger partial charge in [0.15, 0.2) is 5.75 Å². The molecule has 5 nitrogen and oxygen atoms in total. The van der Waals surface area contributed by atoms with E-state index in [0.29, 0.717) is 25.7 Å². The molecule has 1 aliphatic carbocycles. The van der Waals surface area contributed by atoms with Crippen molar-refractivity contribution >= 4 is 11.9 Å². The molecular weight excluding hydrogens is 463 g/mol. The van der Waals surface area contributed by atoms with E-state index in [0.717, 1.165) is 0 Å². The minimum Gasteiger partial charge on any atom is -0.418 e. The van der Waals surface area contributed by atoms with Crippen molar-refractivity contribution in [2.75, 3.05) is 6.54 Å². The van der Waals surface area contributed by atoms with Crippen molar-refractivity contribution in [2.45, 2.75) is 50.3 Å². The van der Waals surface area contributed by atoms with Crippen LogP contribution in [0.4, 0.5) is 39.5 Å². The topological polar surface area (TPSA) is 81.4 Å². The maximum atomic E-state index is 13.3. The van der Waals surface area contributed by atoms with Gasteiger partial charge in [0.1, 0.15) is 0 Å². The summed E-state index contributed by atoms with van der Waals surface area (Å²) in [5, 5.41) is 2.11. The summed E-state index contributed by atoms with van der Waals surface area (Å²) in [6, 6.07) is -0.702. The van der Waals surface area contributed by atoms with E-state index in [9.17, 15) is 49.1 Å². The maximum Gasteiger partial charge on any atom is 0.491 e. The Balaban J connectivity index is 2.48. The van der Waals surface area contributed by atoms with E-state index in [1.807, 2.05) is 0 Å². The average molecular weight is 480 g/mol. The highest BCUT2D eigenvalue weighted by Gasteiger charge is 2.46. The van der Waals surface area contributed by atoms with Gasteiger partial charge in [0.25, 0.3) is 5.91 Å². The molecule has 1 aliphatic rings. The van der Waals surface area contributed by atoms with Crippen molar-refractivity contribution < 1.29 is 53.8 Å². The summed E-state index contributed by atoms with van der Waals surface area (Å²) in [5.41, 5.74) is -0.0850. The third-order valence-corrected chi connectivity index (χ3v) is 4.84. The molecule has 1 saturated carbocycles. The number of nitrogens with one attached hydrogen (secondary N) is 1. The Morgan fingerprint density at radius 1 is 0.938 bits per heavy atom. The van der Waals surface area contributed by atoms with Crippen molar-refractivity contribution in [1.29, 1.82) is 0 Å². The van der Waals surface area contributed by atoms with E-state index in [1.165, 1.54) is 0 Å². The van der Waals surface area contributed by atoms with Gasteiger partial charge in [0.05, 0.1) is 16.7 Å². The lowest BCUT2D eigenvalue weighted by atomic mass is 9.86. The van der Waals surface area contributed by atoms with E-state index >= 15 is 0 Å². The molecule has 0 heterocycles. The second-order valence-electron chi connectivity index (χ2n) is 7.27. The Hall–Kier alpha value is -2.51. The summed E-state index contributed by atoms with van der Waals surface area (Å²) in [7, 11) is 0. The van der Waals surface area contributed by atoms with Crippen LogP contribution in [-0.2, 0) is 17.1 Å². The van der Waals surface area contributed by atoms with Gasteiger partial charge in [-0.2, -0.15) is 39.5 Å². The van der Waals surface area contributed by atoms with Crippen LogP contribution in [0.1, 0.15) is 47.2 Å². The van der Waals surface area contributed by atoms with Gasteiger partial charge in [-0.25, -0.2) is 4.79 Å². The number of hydrogen-bond donors (Lipinski definition) is 2. The van der Waals surface area contributed by atoms with E-state index in [2.05, 4.69) is 10.1 Å². The normalized spacial score (nSPS) is 20.1. The van der Waals surface area contributed by atoms with Crippen LogP contribution in [0.5, 0.6) is 5.75 Å². The molecule has 0 unspecified atom stereocenters. The number of carbonyl (C=O) groups is 2. The molecule has 2 rings (SSSR count). The molecule has 0 radical (unpaired) electrons. The number of esters is 1. The molecule has 32 heavy (non-hydrogen) atoms. The van der Waals surface area contributed by atoms with E-state index in [4.69, 9.17) is 5.73 Å². The molecule has 0 bridgehead atoms. The van der Waals surface area contributed by atoms with Crippen molar-refractivity contribution in [1.82, 2.24) is 5.32 Å². The van der Waals surface area contributed by atoms with Gasteiger partial charge >= 0.3 is 24.5 Å². The Morgan fingerprint density at radius 3 is 1.97 bits per heavy atom. The number of alkyl halides is 9. The molecule has 14 heteroatoms. The van der Waals surface area contributed by atoms with Crippen molar-refractivity contribution in [3.8, 4) is 5.75 Å². The van der Waals surface area contributed by atoms with Gasteiger partial charge in [0, 0.05) is 12.6 Å². The quantitative estimate of drug-likeness (QED) is 0.380. The van der Waals surface area contributed by atoms with Gasteiger partial charge < -0.3 is 15.8 Å². The lowest BCUT2D eigenvalue weighted by molar-refractivity contribution is -0.190. The van der Waals surface area contributed by atoms with Gasteiger partial charge in [0.2, 0.25) is 0 Å². The van der Waals surface area contributed by atoms with E-state index < -0.39 is 58.9 Å². The molecule has 1 aromatic carbocycles. The van der Waals surface area contributed by atoms with Crippen LogP contribution < -0.4 is 15.8 Å². The fourth-order valence-electron chi connectivity index (χ4n) is 3.16. The summed E-state index contributed by atoms with van der Waals surface area (Å²) in [6.07, 6.45) is -14.6. The maximum absolute atomic E-state index is 13.3. The molecule has 0 spiro atoms. The molecule has 180 valence electrons. The molecule has 1 amide bonds. The second kappa shape index (κ2) is 9.16. The number of benzene rings is 1. The summed E-state index contributed by atoms with van der Waals surface area (Å²) in [4.78, 5) is 23.5. The number of nitrogens with two attached hydrogens (primary N) is 1. The number of halogens is 9. The number of hydrogen-bond acceptors (Lipinski definition) is 4. The smallest absolute Gasteiger partial charge is 0.418 e. The first-order chi connectivity index (χ1) is 14.5. The Morgan fingerprint density at radius 2 is 1.50 bits per heavy atom. The van der Waals surface area contributed by atoms with Crippen LogP contribution in [0.2, 0.25) is 0 Å². The third kappa shape index (κ3) is 6.50. The predicted octanol–water partition coefficient (Wildman–Crippen LogP) is 4.44. The average Bonchev–Trinajstić information content (AvgIpc) is 2.64. The van der Waals surface area contributed by atoms with Crippen LogP contribution in [0.25, 0.3) is 0 Å². The SMILES string of the molecule is NC1CCC(CNC(=O)c2cc(C(F)(F)F)cc(C(F)(F)F)c2OC(=O)C(F)(F)F)CC1. The first-order valence-electron chi connectivity index (χ1n) is 9.15. The number of rotatable bonds is 4. The number of carbonyl (C=O) groups excluding carboxylic acids is 2. The highest BCUT2D eigenvalue weighted by atomic mass is 19.4. The van der Waals surface area contributed by atoms with Gasteiger partial charge in [-0.3, -0.25) is 4.79 Å². The molecule has 1 fully saturated rings. The molecule has 3 N–H and O–H groups in total. The zero-order chi connectivity index (χ0) is 24.5. The van der Waals surface area contributed by atoms with Gasteiger partial charge in [-0.1, -0.05) is 0 Å². The van der Waals surface area contributed by atoms with Crippen molar-refractivity contribution in [2.24, 2.45) is 11.7 Å². The molecular formula is C18H17F9N2O3. The monoisotopic (exact) mass is 480 g/mol. The summed E-state index contributed by atoms with van der Waals surface area (Å²) in [6.45, 7) is -0.171. The van der Waals surface area contributed by atoms with Gasteiger partial charge in [-0.05, 0) is 43.7 Å². The predicted molar refractivity (Wildman–Crippen MR) is 90.4 cm³/mol. The first-order valence-corrected chi connectivity index (χ1v) is 9.15. The summed E-state index contributed by atoms with van der Waals surface area (Å²) < 4.78 is 121. The van der Waals surface area contributed by atoms with E-state index in [-0.39, 0.29) is 24.6 Å². The Bertz CT molecular complexity index is 855. The molecule has 0 aliphatic heterocycles. The van der Waals surface area contributed by atoms with E-state index in [1.54, 1.807) is 0 Å².